The van der Waals surface area contributed by atoms with Crippen LogP contribution in [0, 0.1) is 6.92 Å². The lowest BCUT2D eigenvalue weighted by molar-refractivity contribution is -0.128. The third-order valence-electron chi connectivity index (χ3n) is 2.48. The van der Waals surface area contributed by atoms with Crippen molar-refractivity contribution >= 4 is 17.8 Å². The Labute approximate surface area is 123 Å². The van der Waals surface area contributed by atoms with Gasteiger partial charge in [-0.1, -0.05) is 17.7 Å². The van der Waals surface area contributed by atoms with Gasteiger partial charge in [-0.25, -0.2) is 4.79 Å². The maximum atomic E-state index is 11.7. The average molecular weight is 292 g/mol. The van der Waals surface area contributed by atoms with Gasteiger partial charge in [0, 0.05) is 6.04 Å². The van der Waals surface area contributed by atoms with Crippen molar-refractivity contribution in [2.75, 3.05) is 13.2 Å². The molecule has 2 amide bonds. The predicted molar refractivity (Wildman–Crippen MR) is 77.7 cm³/mol. The van der Waals surface area contributed by atoms with Gasteiger partial charge < -0.3 is 15.4 Å². The van der Waals surface area contributed by atoms with Crippen LogP contribution in [0.15, 0.2) is 24.3 Å². The molecular weight excluding hydrogens is 272 g/mol. The van der Waals surface area contributed by atoms with E-state index >= 15 is 0 Å². The molecule has 2 N–H and O–H groups in total. The molecule has 114 valence electrons. The maximum Gasteiger partial charge on any atom is 0.338 e. The molecular formula is C15H20N2O4. The van der Waals surface area contributed by atoms with Crippen LogP contribution in [-0.4, -0.2) is 37.0 Å². The molecule has 0 aliphatic carbocycles. The summed E-state index contributed by atoms with van der Waals surface area (Å²) in [5.41, 5.74) is 1.32. The second kappa shape index (κ2) is 8.04. The zero-order valence-corrected chi connectivity index (χ0v) is 12.4. The van der Waals surface area contributed by atoms with Crippen molar-refractivity contribution < 1.29 is 19.1 Å². The topological polar surface area (TPSA) is 84.5 Å². The fraction of sp³-hybridized carbons (Fsp3) is 0.400. The van der Waals surface area contributed by atoms with E-state index in [1.165, 1.54) is 0 Å². The third kappa shape index (κ3) is 6.56. The van der Waals surface area contributed by atoms with E-state index in [-0.39, 0.29) is 18.5 Å². The molecule has 0 aromatic heterocycles. The van der Waals surface area contributed by atoms with Gasteiger partial charge in [-0.3, -0.25) is 9.59 Å². The molecule has 0 heterocycles. The molecule has 0 unspecified atom stereocenters. The number of carbonyl (C=O) groups excluding carboxylic acids is 3. The Hall–Kier alpha value is -2.37. The minimum Gasteiger partial charge on any atom is -0.452 e. The van der Waals surface area contributed by atoms with Crippen LogP contribution < -0.4 is 10.6 Å². The zero-order valence-electron chi connectivity index (χ0n) is 12.4. The summed E-state index contributed by atoms with van der Waals surface area (Å²) < 4.78 is 4.88. The number of ether oxygens (including phenoxy) is 1. The van der Waals surface area contributed by atoms with Gasteiger partial charge in [-0.2, -0.15) is 0 Å². The molecule has 0 saturated heterocycles. The molecule has 1 aromatic carbocycles. The van der Waals surface area contributed by atoms with E-state index in [0.29, 0.717) is 5.56 Å². The monoisotopic (exact) mass is 292 g/mol. The second-order valence-corrected chi connectivity index (χ2v) is 4.94. The number of aryl methyl sites for hydroxylation is 1. The second-order valence-electron chi connectivity index (χ2n) is 4.94. The van der Waals surface area contributed by atoms with Crippen LogP contribution in [0.25, 0.3) is 0 Å². The van der Waals surface area contributed by atoms with Crippen LogP contribution in [0.4, 0.5) is 0 Å². The van der Waals surface area contributed by atoms with E-state index in [1.54, 1.807) is 18.2 Å². The first kappa shape index (κ1) is 16.7. The average Bonchev–Trinajstić information content (AvgIpc) is 2.41. The van der Waals surface area contributed by atoms with Gasteiger partial charge in [0.15, 0.2) is 6.61 Å². The highest BCUT2D eigenvalue weighted by molar-refractivity contribution is 5.92. The van der Waals surface area contributed by atoms with Gasteiger partial charge in [0.1, 0.15) is 0 Å². The Kier molecular flexibility index (Phi) is 6.39. The van der Waals surface area contributed by atoms with E-state index in [0.717, 1.165) is 5.56 Å². The van der Waals surface area contributed by atoms with Gasteiger partial charge in [-0.05, 0) is 32.9 Å². The molecule has 0 atom stereocenters. The largest absolute Gasteiger partial charge is 0.452 e. The van der Waals surface area contributed by atoms with Crippen molar-refractivity contribution in [3.05, 3.63) is 35.4 Å². The molecule has 0 radical (unpaired) electrons. The van der Waals surface area contributed by atoms with Gasteiger partial charge in [0.25, 0.3) is 5.91 Å². The summed E-state index contributed by atoms with van der Waals surface area (Å²) in [4.78, 5) is 34.5. The van der Waals surface area contributed by atoms with Crippen molar-refractivity contribution in [2.24, 2.45) is 0 Å². The molecule has 0 aliphatic rings. The van der Waals surface area contributed by atoms with Crippen molar-refractivity contribution in [1.82, 2.24) is 10.6 Å². The van der Waals surface area contributed by atoms with E-state index < -0.39 is 18.5 Å². The molecule has 1 aromatic rings. The first-order valence-electron chi connectivity index (χ1n) is 6.68. The quantitative estimate of drug-likeness (QED) is 0.759. The minimum absolute atomic E-state index is 0.00792. The van der Waals surface area contributed by atoms with Crippen LogP contribution in [0.5, 0.6) is 0 Å². The summed E-state index contributed by atoms with van der Waals surface area (Å²) in [5.74, 6) is -1.38. The molecule has 0 spiro atoms. The number of hydrogen-bond acceptors (Lipinski definition) is 4. The van der Waals surface area contributed by atoms with Crippen LogP contribution in [0.2, 0.25) is 0 Å². The fourth-order valence-electron chi connectivity index (χ4n) is 1.59. The molecule has 1 rings (SSSR count). The van der Waals surface area contributed by atoms with Crippen LogP contribution >= 0.6 is 0 Å². The number of nitrogens with one attached hydrogen (secondary N) is 2. The molecule has 0 fully saturated rings. The Balaban J connectivity index is 2.33. The van der Waals surface area contributed by atoms with E-state index in [2.05, 4.69) is 10.6 Å². The molecule has 0 saturated carbocycles. The Bertz CT molecular complexity index is 526. The number of esters is 1. The standard InChI is InChI=1S/C15H20N2O4/c1-10(2)17-13(18)8-16-14(19)9-21-15(20)12-6-4-5-11(3)7-12/h4-7,10H,8-9H2,1-3H3,(H,16,19)(H,17,18). The lowest BCUT2D eigenvalue weighted by Crippen LogP contribution is -2.41. The summed E-state index contributed by atoms with van der Waals surface area (Å²) in [5, 5.41) is 5.01. The Morgan fingerprint density at radius 3 is 2.52 bits per heavy atom. The smallest absolute Gasteiger partial charge is 0.338 e. The highest BCUT2D eigenvalue weighted by atomic mass is 16.5. The highest BCUT2D eigenvalue weighted by Gasteiger charge is 2.11. The van der Waals surface area contributed by atoms with Crippen molar-refractivity contribution in [3.63, 3.8) is 0 Å². The molecule has 6 heteroatoms. The van der Waals surface area contributed by atoms with Crippen LogP contribution in [0.3, 0.4) is 0 Å². The van der Waals surface area contributed by atoms with E-state index in [9.17, 15) is 14.4 Å². The highest BCUT2D eigenvalue weighted by Crippen LogP contribution is 2.05. The Morgan fingerprint density at radius 2 is 1.90 bits per heavy atom. The Morgan fingerprint density at radius 1 is 1.19 bits per heavy atom. The van der Waals surface area contributed by atoms with E-state index in [1.807, 2.05) is 26.8 Å². The van der Waals surface area contributed by atoms with Gasteiger partial charge in [0.2, 0.25) is 5.91 Å². The number of rotatable bonds is 6. The first-order valence-corrected chi connectivity index (χ1v) is 6.68. The normalized spacial score (nSPS) is 10.1. The molecule has 0 aliphatic heterocycles. The fourth-order valence-corrected chi connectivity index (χ4v) is 1.59. The maximum absolute atomic E-state index is 11.7. The summed E-state index contributed by atoms with van der Waals surface area (Å²) in [6.07, 6.45) is 0. The van der Waals surface area contributed by atoms with Crippen molar-refractivity contribution in [1.29, 1.82) is 0 Å². The number of benzene rings is 1. The molecule has 6 nitrogen and oxygen atoms in total. The number of hydrogen-bond donors (Lipinski definition) is 2. The van der Waals surface area contributed by atoms with Crippen molar-refractivity contribution in [3.8, 4) is 0 Å². The number of carbonyl (C=O) groups is 3. The molecule has 0 bridgehead atoms. The minimum atomic E-state index is -0.569. The predicted octanol–water partition coefficient (Wildman–Crippen LogP) is 0.793. The summed E-state index contributed by atoms with van der Waals surface area (Å²) in [7, 11) is 0. The van der Waals surface area contributed by atoms with Crippen molar-refractivity contribution in [2.45, 2.75) is 26.8 Å². The van der Waals surface area contributed by atoms with Gasteiger partial charge in [-0.15, -0.1) is 0 Å². The zero-order chi connectivity index (χ0) is 15.8. The summed E-state index contributed by atoms with van der Waals surface area (Å²) >= 11 is 0. The molecule has 21 heavy (non-hydrogen) atoms. The van der Waals surface area contributed by atoms with Crippen LogP contribution in [0.1, 0.15) is 29.8 Å². The summed E-state index contributed by atoms with van der Waals surface area (Å²) in [6, 6.07) is 6.90. The first-order chi connectivity index (χ1) is 9.88. The lowest BCUT2D eigenvalue weighted by Gasteiger charge is -2.09. The summed E-state index contributed by atoms with van der Waals surface area (Å²) in [6.45, 7) is 4.95. The van der Waals surface area contributed by atoms with Gasteiger partial charge in [0.05, 0.1) is 12.1 Å². The van der Waals surface area contributed by atoms with E-state index in [4.69, 9.17) is 4.74 Å². The van der Waals surface area contributed by atoms with Gasteiger partial charge >= 0.3 is 5.97 Å². The SMILES string of the molecule is Cc1cccc(C(=O)OCC(=O)NCC(=O)NC(C)C)c1. The lowest BCUT2D eigenvalue weighted by atomic mass is 10.1. The third-order valence-corrected chi connectivity index (χ3v) is 2.48. The van der Waals surface area contributed by atoms with Crippen LogP contribution in [-0.2, 0) is 14.3 Å². The number of amides is 2.